The molecular weight excluding hydrogens is 261 g/mol. The fraction of sp³-hybridized carbons (Fsp3) is 0.455. The first-order valence-electron chi connectivity index (χ1n) is 4.74. The Hall–Kier alpha value is -0.0500. The van der Waals surface area contributed by atoms with Crippen LogP contribution in [-0.4, -0.2) is 6.54 Å². The lowest BCUT2D eigenvalue weighted by molar-refractivity contribution is 0.552. The molecule has 0 spiro atoms. The van der Waals surface area contributed by atoms with Crippen LogP contribution in [0.5, 0.6) is 0 Å². The minimum atomic E-state index is 0.674. The van der Waals surface area contributed by atoms with Gasteiger partial charge < -0.3 is 5.32 Å². The van der Waals surface area contributed by atoms with Crippen molar-refractivity contribution in [2.45, 2.75) is 20.4 Å². The fourth-order valence-corrected chi connectivity index (χ4v) is 1.76. The number of benzene rings is 1. The third kappa shape index (κ3) is 3.99. The van der Waals surface area contributed by atoms with Gasteiger partial charge in [-0.1, -0.05) is 41.4 Å². The van der Waals surface area contributed by atoms with Crippen LogP contribution in [0.4, 0.5) is 0 Å². The monoisotopic (exact) mass is 275 g/mol. The fourth-order valence-electron chi connectivity index (χ4n) is 1.17. The van der Waals surface area contributed by atoms with Crippen molar-refractivity contribution in [2.24, 2.45) is 5.92 Å². The Bertz CT molecular complexity index is 299. The highest BCUT2D eigenvalue weighted by Crippen LogP contribution is 2.20. The van der Waals surface area contributed by atoms with E-state index in [1.54, 1.807) is 0 Å². The maximum atomic E-state index is 5.91. The number of hydrogen-bond donors (Lipinski definition) is 1. The van der Waals surface area contributed by atoms with Crippen LogP contribution in [0.1, 0.15) is 19.4 Å². The number of rotatable bonds is 4. The van der Waals surface area contributed by atoms with Gasteiger partial charge in [-0.3, -0.25) is 0 Å². The molecule has 1 N–H and O–H groups in total. The first-order valence-corrected chi connectivity index (χ1v) is 5.91. The van der Waals surface area contributed by atoms with Gasteiger partial charge in [0.25, 0.3) is 0 Å². The molecule has 0 unspecified atom stereocenters. The Morgan fingerprint density at radius 3 is 2.79 bits per heavy atom. The summed E-state index contributed by atoms with van der Waals surface area (Å²) in [5.74, 6) is 0.674. The van der Waals surface area contributed by atoms with Crippen LogP contribution >= 0.6 is 27.5 Å². The van der Waals surface area contributed by atoms with E-state index >= 15 is 0 Å². The third-order valence-electron chi connectivity index (χ3n) is 1.88. The summed E-state index contributed by atoms with van der Waals surface area (Å²) < 4.78 is 1.11. The second-order valence-corrected chi connectivity index (χ2v) is 5.05. The van der Waals surface area contributed by atoms with E-state index in [1.807, 2.05) is 18.2 Å². The van der Waals surface area contributed by atoms with Gasteiger partial charge in [-0.2, -0.15) is 0 Å². The van der Waals surface area contributed by atoms with Crippen LogP contribution in [0.25, 0.3) is 0 Å². The molecule has 0 aliphatic heterocycles. The van der Waals surface area contributed by atoms with Crippen LogP contribution in [0.3, 0.4) is 0 Å². The molecule has 1 aromatic carbocycles. The average Bonchev–Trinajstić information content (AvgIpc) is 2.10. The average molecular weight is 277 g/mol. The summed E-state index contributed by atoms with van der Waals surface area (Å²) in [5, 5.41) is 4.17. The summed E-state index contributed by atoms with van der Waals surface area (Å²) in [5.41, 5.74) is 1.21. The molecular formula is C11H15BrClN. The van der Waals surface area contributed by atoms with Crippen LogP contribution in [0, 0.1) is 5.92 Å². The lowest BCUT2D eigenvalue weighted by Crippen LogP contribution is -2.19. The molecule has 0 fully saturated rings. The molecule has 0 aliphatic carbocycles. The minimum Gasteiger partial charge on any atom is -0.312 e. The molecule has 0 atom stereocenters. The lowest BCUT2D eigenvalue weighted by Gasteiger charge is -2.09. The number of halogens is 2. The topological polar surface area (TPSA) is 12.0 Å². The molecule has 3 heteroatoms. The van der Waals surface area contributed by atoms with Crippen LogP contribution in [-0.2, 0) is 6.54 Å². The van der Waals surface area contributed by atoms with Crippen molar-refractivity contribution in [1.82, 2.24) is 5.32 Å². The smallest absolute Gasteiger partial charge is 0.0410 e. The zero-order valence-corrected chi connectivity index (χ0v) is 10.8. The molecule has 0 saturated carbocycles. The number of nitrogens with one attached hydrogen (secondary N) is 1. The van der Waals surface area contributed by atoms with E-state index in [0.29, 0.717) is 5.92 Å². The van der Waals surface area contributed by atoms with Crippen molar-refractivity contribution in [2.75, 3.05) is 6.54 Å². The first-order chi connectivity index (χ1) is 6.59. The van der Waals surface area contributed by atoms with E-state index < -0.39 is 0 Å². The van der Waals surface area contributed by atoms with E-state index in [9.17, 15) is 0 Å². The first kappa shape index (κ1) is 12.0. The van der Waals surface area contributed by atoms with Gasteiger partial charge in [0.2, 0.25) is 0 Å². The van der Waals surface area contributed by atoms with E-state index in [0.717, 1.165) is 22.6 Å². The quantitative estimate of drug-likeness (QED) is 0.881. The Balaban J connectivity index is 2.53. The number of hydrogen-bond acceptors (Lipinski definition) is 1. The summed E-state index contributed by atoms with van der Waals surface area (Å²) in [6, 6.07) is 5.85. The van der Waals surface area contributed by atoms with Crippen molar-refractivity contribution < 1.29 is 0 Å². The SMILES string of the molecule is CC(C)CNCc1cc(Cl)ccc1Br. The van der Waals surface area contributed by atoms with Gasteiger partial charge in [0.1, 0.15) is 0 Å². The Morgan fingerprint density at radius 1 is 1.43 bits per heavy atom. The van der Waals surface area contributed by atoms with Crippen LogP contribution < -0.4 is 5.32 Å². The Morgan fingerprint density at radius 2 is 2.14 bits per heavy atom. The van der Waals surface area contributed by atoms with Gasteiger partial charge in [-0.25, -0.2) is 0 Å². The van der Waals surface area contributed by atoms with Gasteiger partial charge in [-0.05, 0) is 36.2 Å². The molecule has 0 aliphatic rings. The summed E-state index contributed by atoms with van der Waals surface area (Å²) >= 11 is 9.41. The van der Waals surface area contributed by atoms with Crippen molar-refractivity contribution in [1.29, 1.82) is 0 Å². The van der Waals surface area contributed by atoms with Gasteiger partial charge in [-0.15, -0.1) is 0 Å². The molecule has 0 radical (unpaired) electrons. The molecule has 78 valence electrons. The summed E-state index contributed by atoms with van der Waals surface area (Å²) in [4.78, 5) is 0. The highest BCUT2D eigenvalue weighted by atomic mass is 79.9. The van der Waals surface area contributed by atoms with Gasteiger partial charge in [0.05, 0.1) is 0 Å². The van der Waals surface area contributed by atoms with E-state index in [4.69, 9.17) is 11.6 Å². The predicted molar refractivity (Wildman–Crippen MR) is 65.7 cm³/mol. The molecule has 0 aromatic heterocycles. The highest BCUT2D eigenvalue weighted by molar-refractivity contribution is 9.10. The lowest BCUT2D eigenvalue weighted by atomic mass is 10.2. The third-order valence-corrected chi connectivity index (χ3v) is 2.88. The van der Waals surface area contributed by atoms with Crippen molar-refractivity contribution in [3.05, 3.63) is 33.3 Å². The standard InChI is InChI=1S/C11H15BrClN/c1-8(2)6-14-7-9-5-10(13)3-4-11(9)12/h3-5,8,14H,6-7H2,1-2H3. The molecule has 0 bridgehead atoms. The summed E-state index contributed by atoms with van der Waals surface area (Å²) in [6.07, 6.45) is 0. The molecule has 1 aromatic rings. The largest absolute Gasteiger partial charge is 0.312 e. The molecule has 1 nitrogen and oxygen atoms in total. The maximum absolute atomic E-state index is 5.91. The zero-order chi connectivity index (χ0) is 10.6. The van der Waals surface area contributed by atoms with Crippen molar-refractivity contribution >= 4 is 27.5 Å². The van der Waals surface area contributed by atoms with E-state index in [2.05, 4.69) is 35.1 Å². The zero-order valence-electron chi connectivity index (χ0n) is 8.48. The highest BCUT2D eigenvalue weighted by Gasteiger charge is 2.00. The molecule has 0 saturated heterocycles. The van der Waals surface area contributed by atoms with Crippen LogP contribution in [0.15, 0.2) is 22.7 Å². The van der Waals surface area contributed by atoms with Crippen molar-refractivity contribution in [3.8, 4) is 0 Å². The van der Waals surface area contributed by atoms with Gasteiger partial charge in [0, 0.05) is 16.0 Å². The summed E-state index contributed by atoms with van der Waals surface area (Å²) in [7, 11) is 0. The molecule has 14 heavy (non-hydrogen) atoms. The van der Waals surface area contributed by atoms with Gasteiger partial charge >= 0.3 is 0 Å². The van der Waals surface area contributed by atoms with E-state index in [1.165, 1.54) is 5.56 Å². The normalized spacial score (nSPS) is 10.9. The Kier molecular flexibility index (Phi) is 4.93. The summed E-state index contributed by atoms with van der Waals surface area (Å²) in [6.45, 7) is 6.28. The van der Waals surface area contributed by atoms with Gasteiger partial charge in [0.15, 0.2) is 0 Å². The van der Waals surface area contributed by atoms with Crippen molar-refractivity contribution in [3.63, 3.8) is 0 Å². The molecule has 0 heterocycles. The van der Waals surface area contributed by atoms with Crippen LogP contribution in [0.2, 0.25) is 5.02 Å². The maximum Gasteiger partial charge on any atom is 0.0410 e. The predicted octanol–water partition coefficient (Wildman–Crippen LogP) is 3.85. The second-order valence-electron chi connectivity index (χ2n) is 3.76. The van der Waals surface area contributed by atoms with E-state index in [-0.39, 0.29) is 0 Å². The minimum absolute atomic E-state index is 0.674. The molecule has 0 amide bonds. The Labute approximate surface area is 99.0 Å². The second kappa shape index (κ2) is 5.74. The molecule has 1 rings (SSSR count).